The van der Waals surface area contributed by atoms with Gasteiger partial charge in [-0.25, -0.2) is 9.36 Å². The number of carbonyl (C=O) groups is 2. The van der Waals surface area contributed by atoms with Crippen molar-refractivity contribution in [2.45, 2.75) is 43.9 Å². The first-order valence-corrected chi connectivity index (χ1v) is 17.1. The van der Waals surface area contributed by atoms with E-state index in [9.17, 15) is 32.8 Å². The molecule has 5 aromatic rings. The molecule has 1 saturated carbocycles. The van der Waals surface area contributed by atoms with Crippen LogP contribution in [0.15, 0.2) is 102 Å². The Hall–Kier alpha value is -5.94. The number of halogens is 3. The van der Waals surface area contributed by atoms with Gasteiger partial charge in [0.15, 0.2) is 6.54 Å². The van der Waals surface area contributed by atoms with E-state index >= 15 is 0 Å². The Balaban J connectivity index is 0.000000820. The van der Waals surface area contributed by atoms with Crippen LogP contribution in [-0.2, 0) is 18.0 Å². The molecule has 1 fully saturated rings. The number of amides is 2. The molecule has 0 saturated heterocycles. The highest BCUT2D eigenvalue weighted by Gasteiger charge is 2.33. The zero-order valence-corrected chi connectivity index (χ0v) is 30.0. The number of hydrogen-bond acceptors (Lipinski definition) is 5. The van der Waals surface area contributed by atoms with E-state index in [1.165, 1.54) is 34.7 Å². The second kappa shape index (κ2) is 16.2. The fourth-order valence-electron chi connectivity index (χ4n) is 6.30. The SMILES string of the molecule is Cn1c(-c2ccnn2-c2ccc(C#N)cc2)c(C(=O)NC2CCC(NC(=O)C[N+](C)(C)C)CC2)c(=O)n1-c1cccc(C(F)(F)F)c1.c1ccccc1. The Morgan fingerprint density at radius 3 is 2.00 bits per heavy atom. The van der Waals surface area contributed by atoms with Gasteiger partial charge in [-0.05, 0) is 74.2 Å². The number of alkyl halides is 3. The van der Waals surface area contributed by atoms with E-state index in [1.54, 1.807) is 30.3 Å². The fraction of sp³-hybridized carbons (Fsp3) is 0.308. The quantitative estimate of drug-likeness (QED) is 0.205. The maximum absolute atomic E-state index is 14.1. The minimum absolute atomic E-state index is 0.0330. The van der Waals surface area contributed by atoms with Crippen LogP contribution < -0.4 is 16.2 Å². The van der Waals surface area contributed by atoms with Crippen LogP contribution in [0.2, 0.25) is 0 Å². The molecule has 2 heterocycles. The van der Waals surface area contributed by atoms with E-state index in [-0.39, 0.29) is 34.9 Å². The summed E-state index contributed by atoms with van der Waals surface area (Å²) in [4.78, 5) is 40.4. The number of likely N-dealkylation sites (N-methyl/N-ethyl adjacent to an activating group) is 1. The molecule has 2 N–H and O–H groups in total. The van der Waals surface area contributed by atoms with E-state index in [4.69, 9.17) is 0 Å². The van der Waals surface area contributed by atoms with E-state index in [0.29, 0.717) is 53.7 Å². The molecular formula is C39H42F3N8O3+. The minimum atomic E-state index is -4.65. The number of nitriles is 1. The van der Waals surface area contributed by atoms with Crippen molar-refractivity contribution in [2.75, 3.05) is 27.7 Å². The third-order valence-corrected chi connectivity index (χ3v) is 8.75. The van der Waals surface area contributed by atoms with E-state index in [1.807, 2.05) is 63.6 Å². The molecule has 0 aliphatic heterocycles. The molecule has 1 aliphatic rings. The summed E-state index contributed by atoms with van der Waals surface area (Å²) in [6.07, 6.45) is -0.769. The van der Waals surface area contributed by atoms with Gasteiger partial charge >= 0.3 is 6.18 Å². The van der Waals surface area contributed by atoms with Crippen molar-refractivity contribution in [2.24, 2.45) is 7.05 Å². The number of rotatable bonds is 8. The molecule has 14 heteroatoms. The number of quaternary nitrogens is 1. The van der Waals surface area contributed by atoms with Crippen LogP contribution in [0.4, 0.5) is 13.2 Å². The molecule has 6 rings (SSSR count). The van der Waals surface area contributed by atoms with Crippen molar-refractivity contribution in [3.8, 4) is 28.8 Å². The van der Waals surface area contributed by atoms with Crippen molar-refractivity contribution in [1.29, 1.82) is 5.26 Å². The summed E-state index contributed by atoms with van der Waals surface area (Å²) in [5.74, 6) is -0.718. The van der Waals surface area contributed by atoms with Crippen molar-refractivity contribution in [3.05, 3.63) is 124 Å². The summed E-state index contributed by atoms with van der Waals surface area (Å²) in [5.41, 5.74) is -0.604. The summed E-state index contributed by atoms with van der Waals surface area (Å²) in [5, 5.41) is 19.6. The van der Waals surface area contributed by atoms with Gasteiger partial charge in [0, 0.05) is 19.1 Å². The minimum Gasteiger partial charge on any atom is -0.349 e. The lowest BCUT2D eigenvalue weighted by atomic mass is 9.91. The lowest BCUT2D eigenvalue weighted by Crippen LogP contribution is -2.49. The predicted molar refractivity (Wildman–Crippen MR) is 194 cm³/mol. The molecule has 2 aromatic heterocycles. The molecule has 2 amide bonds. The van der Waals surface area contributed by atoms with Crippen molar-refractivity contribution < 1.29 is 27.2 Å². The average molecular weight is 728 g/mol. The normalized spacial score (nSPS) is 15.8. The number of hydrogen-bond donors (Lipinski definition) is 2. The first-order valence-electron chi connectivity index (χ1n) is 17.1. The molecule has 1 aliphatic carbocycles. The highest BCUT2D eigenvalue weighted by atomic mass is 19.4. The fourth-order valence-corrected chi connectivity index (χ4v) is 6.30. The standard InChI is InChI=1S/C33H35F3N8O3.C6H6/c1-41-30(27-16-17-38-42(27)25-14-8-21(19-37)9-15-25)29(32(47)43(41)26-7-5-6-22(18-26)33(34,35)36)31(46)40-24-12-10-23(11-13-24)39-28(45)20-44(2,3)4;1-2-4-6-5-3-1/h5-9,14-18,23-24H,10-13,20H2,1-4H3,(H-,39,40,45,46);1-6H/p+1. The van der Waals surface area contributed by atoms with E-state index < -0.39 is 23.2 Å². The van der Waals surface area contributed by atoms with Crippen molar-refractivity contribution in [3.63, 3.8) is 0 Å². The zero-order valence-electron chi connectivity index (χ0n) is 30.0. The van der Waals surface area contributed by atoms with Crippen LogP contribution in [0.5, 0.6) is 0 Å². The third kappa shape index (κ3) is 9.49. The van der Waals surface area contributed by atoms with Crippen LogP contribution in [0, 0.1) is 11.3 Å². The van der Waals surface area contributed by atoms with Gasteiger partial charge in [0.1, 0.15) is 11.3 Å². The highest BCUT2D eigenvalue weighted by molar-refractivity contribution is 6.00. The molecule has 0 radical (unpaired) electrons. The number of nitrogens with one attached hydrogen (secondary N) is 2. The van der Waals surface area contributed by atoms with Crippen molar-refractivity contribution in [1.82, 2.24) is 29.8 Å². The lowest BCUT2D eigenvalue weighted by molar-refractivity contribution is -0.862. The third-order valence-electron chi connectivity index (χ3n) is 8.75. The molecule has 0 bridgehead atoms. The summed E-state index contributed by atoms with van der Waals surface area (Å²) < 4.78 is 45.3. The lowest BCUT2D eigenvalue weighted by Gasteiger charge is -2.30. The first kappa shape index (κ1) is 38.3. The largest absolute Gasteiger partial charge is 0.416 e. The van der Waals surface area contributed by atoms with Gasteiger partial charge in [-0.3, -0.25) is 19.1 Å². The summed E-state index contributed by atoms with van der Waals surface area (Å²) in [6.45, 7) is 0.338. The Morgan fingerprint density at radius 1 is 0.868 bits per heavy atom. The molecule has 0 unspecified atom stereocenters. The smallest absolute Gasteiger partial charge is 0.349 e. The first-order chi connectivity index (χ1) is 25.2. The predicted octanol–water partition coefficient (Wildman–Crippen LogP) is 5.47. The maximum atomic E-state index is 14.1. The topological polar surface area (TPSA) is 127 Å². The second-order valence-electron chi connectivity index (χ2n) is 13.9. The van der Waals surface area contributed by atoms with Crippen LogP contribution in [0.1, 0.15) is 47.2 Å². The molecule has 11 nitrogen and oxygen atoms in total. The van der Waals surface area contributed by atoms with Crippen LogP contribution in [-0.4, -0.2) is 75.2 Å². The van der Waals surface area contributed by atoms with E-state index in [0.717, 1.165) is 16.8 Å². The van der Waals surface area contributed by atoms with Gasteiger partial charge < -0.3 is 15.1 Å². The summed E-state index contributed by atoms with van der Waals surface area (Å²) in [6, 6.07) is 26.2. The summed E-state index contributed by atoms with van der Waals surface area (Å²) >= 11 is 0. The monoisotopic (exact) mass is 727 g/mol. The molecule has 53 heavy (non-hydrogen) atoms. The average Bonchev–Trinajstić information content (AvgIpc) is 3.70. The Bertz CT molecular complexity index is 2110. The molecular weight excluding hydrogens is 685 g/mol. The molecule has 0 spiro atoms. The van der Waals surface area contributed by atoms with Crippen molar-refractivity contribution >= 4 is 11.8 Å². The van der Waals surface area contributed by atoms with Crippen LogP contribution >= 0.6 is 0 Å². The van der Waals surface area contributed by atoms with E-state index in [2.05, 4.69) is 15.7 Å². The Labute approximate surface area is 305 Å². The van der Waals surface area contributed by atoms with Crippen LogP contribution in [0.3, 0.4) is 0 Å². The van der Waals surface area contributed by atoms with Gasteiger partial charge in [-0.1, -0.05) is 42.5 Å². The Kier molecular flexibility index (Phi) is 11.7. The van der Waals surface area contributed by atoms with Gasteiger partial charge in [-0.15, -0.1) is 0 Å². The number of carbonyl (C=O) groups excluding carboxylic acids is 2. The number of benzene rings is 3. The number of aromatic nitrogens is 4. The van der Waals surface area contributed by atoms with Gasteiger partial charge in [0.2, 0.25) is 0 Å². The second-order valence-corrected chi connectivity index (χ2v) is 13.9. The Morgan fingerprint density at radius 2 is 1.45 bits per heavy atom. The maximum Gasteiger partial charge on any atom is 0.416 e. The zero-order chi connectivity index (χ0) is 38.3. The summed E-state index contributed by atoms with van der Waals surface area (Å²) in [7, 11) is 7.29. The van der Waals surface area contributed by atoms with Gasteiger partial charge in [0.25, 0.3) is 17.4 Å². The number of nitrogens with zero attached hydrogens (tertiary/aromatic N) is 6. The highest BCUT2D eigenvalue weighted by Crippen LogP contribution is 2.31. The molecule has 276 valence electrons. The van der Waals surface area contributed by atoms with Gasteiger partial charge in [-0.2, -0.15) is 23.5 Å². The molecule has 0 atom stereocenters. The van der Waals surface area contributed by atoms with Crippen LogP contribution in [0.25, 0.3) is 22.8 Å². The molecule has 3 aromatic carbocycles. The van der Waals surface area contributed by atoms with Gasteiger partial charge in [0.05, 0.1) is 61.6 Å².